The quantitative estimate of drug-likeness (QED) is 0.766. The van der Waals surface area contributed by atoms with E-state index in [1.165, 1.54) is 0 Å². The van der Waals surface area contributed by atoms with Crippen LogP contribution >= 0.6 is 11.6 Å². The molecule has 0 aliphatic carbocycles. The molecular weight excluding hydrogens is 381 g/mol. The lowest BCUT2D eigenvalue weighted by Crippen LogP contribution is -2.41. The highest BCUT2D eigenvalue weighted by Gasteiger charge is 2.47. The van der Waals surface area contributed by atoms with Crippen LogP contribution in [0.3, 0.4) is 0 Å². The molecule has 1 aromatic heterocycles. The molecule has 1 aromatic carbocycles. The molecule has 5 nitrogen and oxygen atoms in total. The van der Waals surface area contributed by atoms with Gasteiger partial charge in [-0.1, -0.05) is 41.9 Å². The molecule has 0 spiro atoms. The number of rotatable bonds is 2. The van der Waals surface area contributed by atoms with Crippen LogP contribution in [0.25, 0.3) is 0 Å². The molecule has 1 aliphatic heterocycles. The van der Waals surface area contributed by atoms with Gasteiger partial charge in [0.25, 0.3) is 5.91 Å². The van der Waals surface area contributed by atoms with Gasteiger partial charge in [-0.3, -0.25) is 4.79 Å². The maximum Gasteiger partial charge on any atom is 0.410 e. The maximum atomic E-state index is 13.7. The molecule has 0 saturated carbocycles. The molecule has 27 heavy (non-hydrogen) atoms. The first kappa shape index (κ1) is 19.5. The van der Waals surface area contributed by atoms with Crippen LogP contribution in [0.1, 0.15) is 55.3 Å². The number of carbonyl (C=O) groups is 1. The predicted octanol–water partition coefficient (Wildman–Crippen LogP) is 4.73. The Morgan fingerprint density at radius 2 is 1.89 bits per heavy atom. The molecule has 0 unspecified atom stereocenters. The Hall–Kier alpha value is -2.22. The zero-order valence-electron chi connectivity index (χ0n) is 15.1. The Balaban J connectivity index is 2.03. The van der Waals surface area contributed by atoms with Crippen LogP contribution in [0.4, 0.5) is 19.0 Å². The minimum atomic E-state index is -4.53. The topological polar surface area (TPSA) is 59.0 Å². The van der Waals surface area contributed by atoms with Crippen molar-refractivity contribution in [2.45, 2.75) is 51.0 Å². The molecule has 2 atom stereocenters. The number of benzene rings is 1. The van der Waals surface area contributed by atoms with Gasteiger partial charge in [-0.2, -0.15) is 18.3 Å². The number of anilines is 1. The zero-order chi connectivity index (χ0) is 20.0. The number of nitrogens with zero attached hydrogens (tertiary/aromatic N) is 2. The molecule has 2 N–H and O–H groups in total. The van der Waals surface area contributed by atoms with Gasteiger partial charge in [0.05, 0.1) is 6.04 Å². The van der Waals surface area contributed by atoms with Crippen molar-refractivity contribution in [3.05, 3.63) is 46.6 Å². The number of aromatic nitrogens is 2. The Morgan fingerprint density at radius 1 is 1.26 bits per heavy atom. The van der Waals surface area contributed by atoms with Gasteiger partial charge >= 0.3 is 6.18 Å². The summed E-state index contributed by atoms with van der Waals surface area (Å²) in [5.74, 6) is -0.619. The van der Waals surface area contributed by atoms with Gasteiger partial charge in [-0.25, -0.2) is 4.68 Å². The van der Waals surface area contributed by atoms with Crippen molar-refractivity contribution in [2.75, 3.05) is 5.32 Å². The highest BCUT2D eigenvalue weighted by Crippen LogP contribution is 2.46. The number of carbonyl (C=O) groups excluding carboxylic acids is 1. The van der Waals surface area contributed by atoms with E-state index in [0.29, 0.717) is 5.56 Å². The summed E-state index contributed by atoms with van der Waals surface area (Å²) in [6, 6.07) is 6.33. The number of alkyl halides is 3. The summed E-state index contributed by atoms with van der Waals surface area (Å²) in [5, 5.41) is 9.47. The molecule has 0 radical (unpaired) electrons. The monoisotopic (exact) mass is 400 g/mol. The van der Waals surface area contributed by atoms with Crippen LogP contribution in [-0.2, 0) is 0 Å². The Morgan fingerprint density at radius 3 is 2.44 bits per heavy atom. The van der Waals surface area contributed by atoms with Gasteiger partial charge in [0.1, 0.15) is 10.8 Å². The van der Waals surface area contributed by atoms with Crippen molar-refractivity contribution in [2.24, 2.45) is 0 Å². The molecular formula is C18H20ClF3N4O. The fourth-order valence-corrected chi connectivity index (χ4v) is 3.30. The van der Waals surface area contributed by atoms with Crippen LogP contribution in [-0.4, -0.2) is 27.4 Å². The number of nitrogens with one attached hydrogen (secondary N) is 2. The van der Waals surface area contributed by atoms with Gasteiger partial charge in [-0.15, -0.1) is 0 Å². The Bertz CT molecular complexity index is 843. The van der Waals surface area contributed by atoms with Gasteiger partial charge in [0.15, 0.2) is 11.7 Å². The van der Waals surface area contributed by atoms with Gasteiger partial charge in [-0.05, 0) is 26.3 Å². The summed E-state index contributed by atoms with van der Waals surface area (Å²) in [6.07, 6.45) is -4.78. The summed E-state index contributed by atoms with van der Waals surface area (Å²) in [4.78, 5) is 12.4. The summed E-state index contributed by atoms with van der Waals surface area (Å²) in [7, 11) is 0. The minimum absolute atomic E-state index is 0.00171. The second-order valence-corrected chi connectivity index (χ2v) is 7.94. The van der Waals surface area contributed by atoms with Crippen molar-refractivity contribution < 1.29 is 18.0 Å². The van der Waals surface area contributed by atoms with Gasteiger partial charge in [0.2, 0.25) is 0 Å². The third-order valence-corrected chi connectivity index (χ3v) is 4.56. The van der Waals surface area contributed by atoms with Crippen molar-refractivity contribution in [1.29, 1.82) is 0 Å². The molecule has 0 bridgehead atoms. The minimum Gasteiger partial charge on any atom is -0.362 e. The van der Waals surface area contributed by atoms with Gasteiger partial charge < -0.3 is 10.6 Å². The lowest BCUT2D eigenvalue weighted by molar-refractivity contribution is -0.173. The fraction of sp³-hybridized carbons (Fsp3) is 0.444. The normalized spacial score (nSPS) is 20.0. The van der Waals surface area contributed by atoms with E-state index in [4.69, 9.17) is 11.6 Å². The molecule has 9 heteroatoms. The highest BCUT2D eigenvalue weighted by molar-refractivity contribution is 6.36. The lowest BCUT2D eigenvalue weighted by Gasteiger charge is -2.33. The largest absolute Gasteiger partial charge is 0.410 e. The SMILES string of the molecule is CC(C)(C)NC(=O)c1nn2c(c1Cl)N[C@H](c1ccccc1)C[C@@H]2C(F)(F)F. The van der Waals surface area contributed by atoms with E-state index in [9.17, 15) is 18.0 Å². The number of hydrogen-bond acceptors (Lipinski definition) is 3. The van der Waals surface area contributed by atoms with E-state index >= 15 is 0 Å². The second kappa shape index (κ2) is 6.74. The summed E-state index contributed by atoms with van der Waals surface area (Å²) in [6.45, 7) is 5.28. The van der Waals surface area contributed by atoms with Crippen molar-refractivity contribution in [3.63, 3.8) is 0 Å². The molecule has 1 aliphatic rings. The van der Waals surface area contributed by atoms with Crippen molar-refractivity contribution >= 4 is 23.3 Å². The first-order valence-electron chi connectivity index (χ1n) is 8.46. The molecule has 1 amide bonds. The predicted molar refractivity (Wildman–Crippen MR) is 97.0 cm³/mol. The van der Waals surface area contributed by atoms with Crippen LogP contribution in [0.15, 0.2) is 30.3 Å². The Kier molecular flexibility index (Phi) is 4.88. The molecule has 2 heterocycles. The standard InChI is InChI=1S/C18H20ClF3N4O/c1-17(2,3)24-16(27)14-13(19)15-23-11(10-7-5-4-6-8-10)9-12(18(20,21)22)26(15)25-14/h4-8,11-12,23H,9H2,1-3H3,(H,24,27)/t11-,12+/m0/s1. The first-order chi connectivity index (χ1) is 12.5. The van der Waals surface area contributed by atoms with Crippen LogP contribution in [0.2, 0.25) is 5.02 Å². The smallest absolute Gasteiger partial charge is 0.362 e. The third-order valence-electron chi connectivity index (χ3n) is 4.20. The third kappa shape index (κ3) is 4.05. The summed E-state index contributed by atoms with van der Waals surface area (Å²) < 4.78 is 41.8. The average molecular weight is 401 g/mol. The number of amides is 1. The van der Waals surface area contributed by atoms with Crippen molar-refractivity contribution in [3.8, 4) is 0 Å². The fourth-order valence-electron chi connectivity index (χ4n) is 3.04. The zero-order valence-corrected chi connectivity index (χ0v) is 15.8. The summed E-state index contributed by atoms with van der Waals surface area (Å²) >= 11 is 6.26. The lowest BCUT2D eigenvalue weighted by atomic mass is 9.97. The number of hydrogen-bond donors (Lipinski definition) is 2. The van der Waals surface area contributed by atoms with Crippen molar-refractivity contribution in [1.82, 2.24) is 15.1 Å². The van der Waals surface area contributed by atoms with Crippen LogP contribution in [0.5, 0.6) is 0 Å². The van der Waals surface area contributed by atoms with E-state index in [1.54, 1.807) is 51.1 Å². The van der Waals surface area contributed by atoms with Crippen LogP contribution in [0, 0.1) is 0 Å². The highest BCUT2D eigenvalue weighted by atomic mass is 35.5. The molecule has 0 fully saturated rings. The second-order valence-electron chi connectivity index (χ2n) is 7.56. The number of halogens is 4. The molecule has 0 saturated heterocycles. The van der Waals surface area contributed by atoms with E-state index < -0.39 is 29.7 Å². The van der Waals surface area contributed by atoms with E-state index in [-0.39, 0.29) is 23.0 Å². The summed E-state index contributed by atoms with van der Waals surface area (Å²) in [5.41, 5.74) is -0.0958. The van der Waals surface area contributed by atoms with E-state index in [1.807, 2.05) is 0 Å². The molecule has 3 rings (SSSR count). The molecule has 2 aromatic rings. The number of fused-ring (bicyclic) bond motifs is 1. The van der Waals surface area contributed by atoms with Crippen LogP contribution < -0.4 is 10.6 Å². The average Bonchev–Trinajstić information content (AvgIpc) is 2.89. The Labute approximate surface area is 159 Å². The van der Waals surface area contributed by atoms with Gasteiger partial charge in [0, 0.05) is 12.0 Å². The maximum absolute atomic E-state index is 13.7. The molecule has 146 valence electrons. The van der Waals surface area contributed by atoms with E-state index in [0.717, 1.165) is 4.68 Å². The van der Waals surface area contributed by atoms with E-state index in [2.05, 4.69) is 15.7 Å². The first-order valence-corrected chi connectivity index (χ1v) is 8.84.